The van der Waals surface area contributed by atoms with Gasteiger partial charge in [0.2, 0.25) is 5.91 Å². The highest BCUT2D eigenvalue weighted by Gasteiger charge is 2.30. The summed E-state index contributed by atoms with van der Waals surface area (Å²) >= 11 is 19.1. The van der Waals surface area contributed by atoms with Gasteiger partial charge in [0, 0.05) is 12.1 Å². The maximum atomic E-state index is 12.7. The second kappa shape index (κ2) is 17.6. The van der Waals surface area contributed by atoms with E-state index in [0.29, 0.717) is 44.4 Å². The number of anilines is 2. The van der Waals surface area contributed by atoms with Crippen LogP contribution in [0.15, 0.2) is 35.3 Å². The molecular formula is C32H43Cl3N4O2. The van der Waals surface area contributed by atoms with Crippen molar-refractivity contribution >= 4 is 69.5 Å². The van der Waals surface area contributed by atoms with Gasteiger partial charge < -0.3 is 5.32 Å². The lowest BCUT2D eigenvalue weighted by atomic mass is 10.0. The lowest BCUT2D eigenvalue weighted by Gasteiger charge is -2.19. The Kier molecular flexibility index (Phi) is 14.3. The van der Waals surface area contributed by atoms with E-state index in [9.17, 15) is 9.59 Å². The van der Waals surface area contributed by atoms with Crippen LogP contribution in [0.2, 0.25) is 15.1 Å². The minimum absolute atomic E-state index is 0.0296. The molecule has 0 aliphatic carbocycles. The van der Waals surface area contributed by atoms with Gasteiger partial charge >= 0.3 is 0 Å². The van der Waals surface area contributed by atoms with Crippen LogP contribution < -0.4 is 15.8 Å². The number of amides is 2. The molecule has 9 heteroatoms. The number of aliphatic imine (C=N–C) groups is 1. The average Bonchev–Trinajstić information content (AvgIpc) is 3.27. The maximum Gasteiger partial charge on any atom is 0.253 e. The van der Waals surface area contributed by atoms with E-state index in [4.69, 9.17) is 34.8 Å². The molecule has 0 bridgehead atoms. The SMILES string of the molecule is CCCCCCCCCCCCCCCC(=O)Nc1ccc(Cl)c(N=C2CC(=O)N(c3c(Cl)cc(C)cc3Cl)N2)c1. The Morgan fingerprint density at radius 3 is 2.00 bits per heavy atom. The fourth-order valence-corrected chi connectivity index (χ4v) is 5.88. The number of benzene rings is 2. The predicted molar refractivity (Wildman–Crippen MR) is 174 cm³/mol. The van der Waals surface area contributed by atoms with Crippen LogP contribution in [0.5, 0.6) is 0 Å². The zero-order valence-corrected chi connectivity index (χ0v) is 26.6. The molecule has 1 fully saturated rings. The molecule has 41 heavy (non-hydrogen) atoms. The number of hydrazine groups is 1. The summed E-state index contributed by atoms with van der Waals surface area (Å²) in [5.74, 6) is 0.132. The fourth-order valence-electron chi connectivity index (χ4n) is 4.95. The summed E-state index contributed by atoms with van der Waals surface area (Å²) in [6.07, 6.45) is 17.0. The first-order valence-electron chi connectivity index (χ1n) is 15.0. The predicted octanol–water partition coefficient (Wildman–Crippen LogP) is 10.3. The number of amidine groups is 1. The molecule has 0 saturated carbocycles. The van der Waals surface area contributed by atoms with Crippen LogP contribution in [0.1, 0.15) is 109 Å². The normalized spacial score (nSPS) is 14.1. The van der Waals surface area contributed by atoms with Gasteiger partial charge in [-0.3, -0.25) is 15.0 Å². The Hall–Kier alpha value is -2.28. The van der Waals surface area contributed by atoms with E-state index in [2.05, 4.69) is 22.7 Å². The van der Waals surface area contributed by atoms with Crippen molar-refractivity contribution in [3.8, 4) is 0 Å². The largest absolute Gasteiger partial charge is 0.326 e. The van der Waals surface area contributed by atoms with Crippen LogP contribution in [0, 0.1) is 6.92 Å². The highest BCUT2D eigenvalue weighted by Crippen LogP contribution is 2.36. The minimum Gasteiger partial charge on any atom is -0.326 e. The van der Waals surface area contributed by atoms with Gasteiger partial charge in [-0.2, -0.15) is 0 Å². The number of nitrogens with zero attached hydrogens (tertiary/aromatic N) is 2. The van der Waals surface area contributed by atoms with Crippen LogP contribution in [0.3, 0.4) is 0 Å². The van der Waals surface area contributed by atoms with Gasteiger partial charge in [-0.05, 0) is 49.2 Å². The summed E-state index contributed by atoms with van der Waals surface area (Å²) in [5, 5.41) is 5.38. The molecule has 224 valence electrons. The number of rotatable bonds is 17. The van der Waals surface area contributed by atoms with Gasteiger partial charge in [-0.25, -0.2) is 10.0 Å². The summed E-state index contributed by atoms with van der Waals surface area (Å²) < 4.78 is 0. The van der Waals surface area contributed by atoms with Gasteiger partial charge in [-0.1, -0.05) is 119 Å². The van der Waals surface area contributed by atoms with E-state index in [0.717, 1.165) is 18.4 Å². The molecule has 2 aromatic carbocycles. The Morgan fingerprint density at radius 1 is 0.854 bits per heavy atom. The molecule has 0 radical (unpaired) electrons. The fraction of sp³-hybridized carbons (Fsp3) is 0.531. The van der Waals surface area contributed by atoms with Gasteiger partial charge in [0.25, 0.3) is 5.91 Å². The van der Waals surface area contributed by atoms with Crippen LogP contribution in [-0.2, 0) is 9.59 Å². The number of halogens is 3. The number of aryl methyl sites for hydroxylation is 1. The number of unbranched alkanes of at least 4 members (excludes halogenated alkanes) is 12. The summed E-state index contributed by atoms with van der Waals surface area (Å²) in [6, 6.07) is 8.63. The van der Waals surface area contributed by atoms with Crippen LogP contribution in [0.25, 0.3) is 0 Å². The maximum absolute atomic E-state index is 12.7. The first kappa shape index (κ1) is 33.2. The van der Waals surface area contributed by atoms with Crippen molar-refractivity contribution in [2.24, 2.45) is 4.99 Å². The molecule has 1 heterocycles. The number of hydrogen-bond donors (Lipinski definition) is 2. The zero-order chi connectivity index (χ0) is 29.6. The third-order valence-corrected chi connectivity index (χ3v) is 8.08. The number of carbonyl (C=O) groups excluding carboxylic acids is 2. The van der Waals surface area contributed by atoms with E-state index in [1.54, 1.807) is 30.3 Å². The van der Waals surface area contributed by atoms with Crippen molar-refractivity contribution in [1.29, 1.82) is 0 Å². The van der Waals surface area contributed by atoms with Gasteiger partial charge in [0.1, 0.15) is 11.5 Å². The van der Waals surface area contributed by atoms with Crippen molar-refractivity contribution in [2.45, 2.75) is 110 Å². The highest BCUT2D eigenvalue weighted by atomic mass is 35.5. The van der Waals surface area contributed by atoms with Crippen molar-refractivity contribution in [3.05, 3.63) is 51.0 Å². The van der Waals surface area contributed by atoms with Crippen molar-refractivity contribution in [2.75, 3.05) is 10.3 Å². The molecule has 1 aliphatic heterocycles. The quantitative estimate of drug-likeness (QED) is 0.173. The first-order valence-corrected chi connectivity index (χ1v) is 16.1. The van der Waals surface area contributed by atoms with Crippen molar-refractivity contribution < 1.29 is 9.59 Å². The minimum atomic E-state index is -0.241. The molecule has 1 aliphatic rings. The Bertz CT molecular complexity index is 1180. The number of hydrogen-bond acceptors (Lipinski definition) is 3. The molecule has 0 spiro atoms. The van der Waals surface area contributed by atoms with Crippen LogP contribution >= 0.6 is 34.8 Å². The lowest BCUT2D eigenvalue weighted by Crippen LogP contribution is -2.36. The number of nitrogens with one attached hydrogen (secondary N) is 2. The molecule has 0 atom stereocenters. The molecule has 2 aromatic rings. The van der Waals surface area contributed by atoms with Crippen LogP contribution in [0.4, 0.5) is 17.1 Å². The third-order valence-electron chi connectivity index (χ3n) is 7.19. The zero-order valence-electron chi connectivity index (χ0n) is 24.3. The molecule has 6 nitrogen and oxygen atoms in total. The van der Waals surface area contributed by atoms with E-state index < -0.39 is 0 Å². The van der Waals surface area contributed by atoms with Crippen molar-refractivity contribution in [1.82, 2.24) is 5.43 Å². The molecule has 2 amide bonds. The molecular weight excluding hydrogens is 579 g/mol. The number of carbonyl (C=O) groups is 2. The molecule has 0 aromatic heterocycles. The average molecular weight is 622 g/mol. The van der Waals surface area contributed by atoms with E-state index >= 15 is 0 Å². The monoisotopic (exact) mass is 620 g/mol. The summed E-state index contributed by atoms with van der Waals surface area (Å²) in [6.45, 7) is 4.13. The van der Waals surface area contributed by atoms with Gasteiger partial charge in [0.05, 0.1) is 27.2 Å². The Balaban J connectivity index is 1.40. The van der Waals surface area contributed by atoms with Crippen molar-refractivity contribution in [3.63, 3.8) is 0 Å². The smallest absolute Gasteiger partial charge is 0.253 e. The second-order valence-electron chi connectivity index (χ2n) is 10.9. The van der Waals surface area contributed by atoms with E-state index in [-0.39, 0.29) is 18.2 Å². The highest BCUT2D eigenvalue weighted by molar-refractivity contribution is 6.40. The Labute approximate surface area is 260 Å². The van der Waals surface area contributed by atoms with Gasteiger partial charge in [0.15, 0.2) is 0 Å². The summed E-state index contributed by atoms with van der Waals surface area (Å²) in [5.41, 5.74) is 5.32. The van der Waals surface area contributed by atoms with E-state index in [1.165, 1.54) is 75.6 Å². The molecule has 1 saturated heterocycles. The molecule has 2 N–H and O–H groups in total. The first-order chi connectivity index (χ1) is 19.8. The Morgan fingerprint density at radius 2 is 1.41 bits per heavy atom. The van der Waals surface area contributed by atoms with Gasteiger partial charge in [-0.15, -0.1) is 0 Å². The summed E-state index contributed by atoms with van der Waals surface area (Å²) in [4.78, 5) is 29.8. The standard InChI is InChI=1S/C32H43Cl3N4O2/c1-3-4-5-6-7-8-9-10-11-12-13-14-15-16-30(40)36-24-17-18-25(33)28(21-24)37-29-22-31(41)39(38-29)32-26(34)19-23(2)20-27(32)35/h17-21H,3-16,22H2,1-2H3,(H,36,40)(H,37,38). The summed E-state index contributed by atoms with van der Waals surface area (Å²) in [7, 11) is 0. The second-order valence-corrected chi connectivity index (χ2v) is 12.1. The van der Waals surface area contributed by atoms with Crippen LogP contribution in [-0.4, -0.2) is 17.6 Å². The topological polar surface area (TPSA) is 73.8 Å². The molecule has 3 rings (SSSR count). The lowest BCUT2D eigenvalue weighted by molar-refractivity contribution is -0.117. The third kappa shape index (κ3) is 11.1. The van der Waals surface area contributed by atoms with E-state index in [1.807, 2.05) is 6.92 Å². The molecule has 0 unspecified atom stereocenters.